The summed E-state index contributed by atoms with van der Waals surface area (Å²) in [5.74, 6) is 0.658. The van der Waals surface area contributed by atoms with Gasteiger partial charge in [-0.25, -0.2) is 0 Å². The first-order valence-electron chi connectivity index (χ1n) is 7.41. The van der Waals surface area contributed by atoms with E-state index in [1.54, 1.807) is 0 Å². The predicted octanol–water partition coefficient (Wildman–Crippen LogP) is 2.57. The summed E-state index contributed by atoms with van der Waals surface area (Å²) < 4.78 is 0. The fraction of sp³-hybridized carbons (Fsp3) is 0.625. The number of nitrogens with zero attached hydrogens (tertiary/aromatic N) is 1. The Kier molecular flexibility index (Phi) is 5.23. The average Bonchev–Trinajstić information content (AvgIpc) is 2.90. The molecule has 106 valence electrons. The summed E-state index contributed by atoms with van der Waals surface area (Å²) >= 11 is 0. The number of hydrogen-bond acceptors (Lipinski definition) is 3. The lowest BCUT2D eigenvalue weighted by atomic mass is 10.0. The lowest BCUT2D eigenvalue weighted by Crippen LogP contribution is -2.20. The van der Waals surface area contributed by atoms with Crippen molar-refractivity contribution in [3.8, 4) is 0 Å². The molecule has 1 saturated heterocycles. The molecule has 0 aromatic heterocycles. The van der Waals surface area contributed by atoms with Crippen molar-refractivity contribution in [2.45, 2.75) is 32.2 Å². The van der Waals surface area contributed by atoms with Crippen LogP contribution in [0.5, 0.6) is 0 Å². The Balaban J connectivity index is 1.99. The Morgan fingerprint density at radius 2 is 2.11 bits per heavy atom. The van der Waals surface area contributed by atoms with E-state index in [1.165, 1.54) is 17.7 Å². The van der Waals surface area contributed by atoms with E-state index in [-0.39, 0.29) is 0 Å². The highest BCUT2D eigenvalue weighted by molar-refractivity contribution is 5.49. The van der Waals surface area contributed by atoms with Gasteiger partial charge in [0.05, 0.1) is 0 Å². The first kappa shape index (κ1) is 14.4. The van der Waals surface area contributed by atoms with Crippen LogP contribution in [0.2, 0.25) is 0 Å². The maximum atomic E-state index is 9.01. The van der Waals surface area contributed by atoms with Gasteiger partial charge in [-0.15, -0.1) is 0 Å². The molecule has 0 amide bonds. The molecule has 1 aliphatic heterocycles. The highest BCUT2D eigenvalue weighted by Gasteiger charge is 2.22. The third-order valence-corrected chi connectivity index (χ3v) is 4.24. The van der Waals surface area contributed by atoms with Crippen molar-refractivity contribution in [3.05, 3.63) is 29.8 Å². The second kappa shape index (κ2) is 6.92. The van der Waals surface area contributed by atoms with Gasteiger partial charge in [-0.3, -0.25) is 0 Å². The molecular weight excluding hydrogens is 236 g/mol. The van der Waals surface area contributed by atoms with Crippen LogP contribution < -0.4 is 10.2 Å². The Morgan fingerprint density at radius 3 is 2.68 bits per heavy atom. The van der Waals surface area contributed by atoms with Crippen molar-refractivity contribution in [1.82, 2.24) is 5.32 Å². The van der Waals surface area contributed by atoms with Crippen LogP contribution >= 0.6 is 0 Å². The van der Waals surface area contributed by atoms with E-state index < -0.39 is 0 Å². The molecule has 0 bridgehead atoms. The highest BCUT2D eigenvalue weighted by atomic mass is 16.3. The molecular formula is C16H26N2O. The Bertz CT molecular complexity index is 373. The van der Waals surface area contributed by atoms with Crippen molar-refractivity contribution in [1.29, 1.82) is 0 Å². The van der Waals surface area contributed by atoms with Crippen LogP contribution in [0, 0.1) is 5.92 Å². The molecule has 1 aromatic carbocycles. The van der Waals surface area contributed by atoms with E-state index in [0.29, 0.717) is 18.6 Å². The highest BCUT2D eigenvalue weighted by Crippen LogP contribution is 2.27. The van der Waals surface area contributed by atoms with Gasteiger partial charge < -0.3 is 15.3 Å². The molecule has 2 atom stereocenters. The van der Waals surface area contributed by atoms with E-state index >= 15 is 0 Å². The van der Waals surface area contributed by atoms with E-state index in [9.17, 15) is 0 Å². The van der Waals surface area contributed by atoms with E-state index in [2.05, 4.69) is 41.4 Å². The second-order valence-electron chi connectivity index (χ2n) is 5.45. The first-order chi connectivity index (χ1) is 9.28. The van der Waals surface area contributed by atoms with Crippen LogP contribution in [0.1, 0.15) is 37.8 Å². The molecule has 3 heteroatoms. The quantitative estimate of drug-likeness (QED) is 0.827. The number of hydrogen-bond donors (Lipinski definition) is 2. The van der Waals surface area contributed by atoms with Crippen LogP contribution in [0.15, 0.2) is 24.3 Å². The van der Waals surface area contributed by atoms with Gasteiger partial charge in [0.25, 0.3) is 0 Å². The second-order valence-corrected chi connectivity index (χ2v) is 5.45. The van der Waals surface area contributed by atoms with Gasteiger partial charge in [0, 0.05) is 31.4 Å². The van der Waals surface area contributed by atoms with Gasteiger partial charge in [-0.1, -0.05) is 19.1 Å². The molecule has 0 saturated carbocycles. The van der Waals surface area contributed by atoms with Crippen LogP contribution in [0.4, 0.5) is 5.69 Å². The monoisotopic (exact) mass is 262 g/mol. The first-order valence-corrected chi connectivity index (χ1v) is 7.41. The molecule has 0 spiro atoms. The lowest BCUT2D eigenvalue weighted by molar-refractivity contribution is 0.263. The fourth-order valence-corrected chi connectivity index (χ4v) is 3.01. The van der Waals surface area contributed by atoms with Crippen molar-refractivity contribution in [2.24, 2.45) is 5.92 Å². The van der Waals surface area contributed by atoms with E-state index in [0.717, 1.165) is 25.9 Å². The molecule has 1 fully saturated rings. The van der Waals surface area contributed by atoms with Gasteiger partial charge >= 0.3 is 0 Å². The summed E-state index contributed by atoms with van der Waals surface area (Å²) in [5.41, 5.74) is 2.68. The molecule has 0 radical (unpaired) electrons. The Hall–Kier alpha value is -1.06. The number of aliphatic hydroxyl groups excluding tert-OH is 1. The minimum Gasteiger partial charge on any atom is -0.396 e. The van der Waals surface area contributed by atoms with Crippen molar-refractivity contribution < 1.29 is 5.11 Å². The fourth-order valence-electron chi connectivity index (χ4n) is 3.01. The smallest absolute Gasteiger partial charge is 0.0434 e. The van der Waals surface area contributed by atoms with Gasteiger partial charge in [0.1, 0.15) is 0 Å². The number of nitrogens with one attached hydrogen (secondary N) is 1. The third kappa shape index (κ3) is 3.48. The molecule has 2 unspecified atom stereocenters. The van der Waals surface area contributed by atoms with Crippen molar-refractivity contribution in [3.63, 3.8) is 0 Å². The third-order valence-electron chi connectivity index (χ3n) is 4.24. The summed E-state index contributed by atoms with van der Waals surface area (Å²) in [6.45, 7) is 4.73. The molecule has 1 aromatic rings. The SMILES string of the molecule is CCC(NC)c1ccc(N2CCC(CCO)C2)cc1. The topological polar surface area (TPSA) is 35.5 Å². The largest absolute Gasteiger partial charge is 0.396 e. The minimum atomic E-state index is 0.317. The number of benzene rings is 1. The van der Waals surface area contributed by atoms with E-state index in [4.69, 9.17) is 5.11 Å². The van der Waals surface area contributed by atoms with Crippen molar-refractivity contribution in [2.75, 3.05) is 31.6 Å². The van der Waals surface area contributed by atoms with Gasteiger partial charge in [-0.05, 0) is 49.9 Å². The Labute approximate surface area is 116 Å². The van der Waals surface area contributed by atoms with Crippen LogP contribution in [-0.2, 0) is 0 Å². The molecule has 2 rings (SSSR count). The van der Waals surface area contributed by atoms with E-state index in [1.807, 2.05) is 7.05 Å². The zero-order chi connectivity index (χ0) is 13.7. The number of aliphatic hydroxyl groups is 1. The summed E-state index contributed by atoms with van der Waals surface area (Å²) in [6, 6.07) is 9.39. The standard InChI is InChI=1S/C16H26N2O/c1-3-16(17-2)14-4-6-15(7-5-14)18-10-8-13(12-18)9-11-19/h4-7,13,16-17,19H,3,8-12H2,1-2H3. The summed E-state index contributed by atoms with van der Waals surface area (Å²) in [4.78, 5) is 2.43. The normalized spacial score (nSPS) is 20.8. The van der Waals surface area contributed by atoms with Crippen LogP contribution in [0.3, 0.4) is 0 Å². The van der Waals surface area contributed by atoms with Gasteiger partial charge in [0.2, 0.25) is 0 Å². The molecule has 3 nitrogen and oxygen atoms in total. The molecule has 1 heterocycles. The van der Waals surface area contributed by atoms with Crippen LogP contribution in [-0.4, -0.2) is 31.9 Å². The zero-order valence-electron chi connectivity index (χ0n) is 12.1. The predicted molar refractivity (Wildman–Crippen MR) is 80.6 cm³/mol. The van der Waals surface area contributed by atoms with Gasteiger partial charge in [0.15, 0.2) is 0 Å². The maximum Gasteiger partial charge on any atom is 0.0434 e. The van der Waals surface area contributed by atoms with Gasteiger partial charge in [-0.2, -0.15) is 0 Å². The molecule has 0 aliphatic carbocycles. The Morgan fingerprint density at radius 1 is 1.37 bits per heavy atom. The average molecular weight is 262 g/mol. The number of rotatable bonds is 6. The molecule has 1 aliphatic rings. The van der Waals surface area contributed by atoms with Crippen molar-refractivity contribution >= 4 is 5.69 Å². The lowest BCUT2D eigenvalue weighted by Gasteiger charge is -2.20. The molecule has 19 heavy (non-hydrogen) atoms. The minimum absolute atomic E-state index is 0.317. The van der Waals surface area contributed by atoms with Crippen LogP contribution in [0.25, 0.3) is 0 Å². The molecule has 2 N–H and O–H groups in total. The summed E-state index contributed by atoms with van der Waals surface area (Å²) in [5, 5.41) is 12.3. The summed E-state index contributed by atoms with van der Waals surface area (Å²) in [7, 11) is 2.02. The zero-order valence-corrected chi connectivity index (χ0v) is 12.1. The summed E-state index contributed by atoms with van der Waals surface area (Å²) in [6.07, 6.45) is 3.25. The number of anilines is 1. The maximum absolute atomic E-state index is 9.01.